The summed E-state index contributed by atoms with van der Waals surface area (Å²) in [6, 6.07) is 7.86. The molecule has 34 heavy (non-hydrogen) atoms. The standard InChI is InChI=1S/C27H38N2O5/c1-6-33-25(31)21(16-15-19-11-8-7-9-12-19)28-18(2)24(30)29-22-14-10-13-20(22)17-23(29)26(32)34-27(3,4)5/h7-12,14,18,20-23,28H,6,13,15-17H2,1-5H3/t18-,20-,21-,22+,23-/m0/s1. The predicted octanol–water partition coefficient (Wildman–Crippen LogP) is 3.42. The Bertz CT molecular complexity index is 892. The summed E-state index contributed by atoms with van der Waals surface area (Å²) >= 11 is 0. The number of ether oxygens (including phenoxy) is 2. The molecule has 5 atom stereocenters. The van der Waals surface area contributed by atoms with Crippen molar-refractivity contribution in [3.05, 3.63) is 48.0 Å². The molecule has 7 heteroatoms. The van der Waals surface area contributed by atoms with Gasteiger partial charge in [-0.2, -0.15) is 0 Å². The Balaban J connectivity index is 1.73. The summed E-state index contributed by atoms with van der Waals surface area (Å²) in [6.07, 6.45) is 6.69. The Morgan fingerprint density at radius 2 is 1.88 bits per heavy atom. The number of esters is 2. The van der Waals surface area contributed by atoms with Gasteiger partial charge in [-0.15, -0.1) is 0 Å². The number of likely N-dealkylation sites (tertiary alicyclic amines) is 1. The fraction of sp³-hybridized carbons (Fsp3) is 0.593. The Morgan fingerprint density at radius 1 is 1.18 bits per heavy atom. The summed E-state index contributed by atoms with van der Waals surface area (Å²) in [5, 5.41) is 3.19. The molecule has 2 aliphatic rings. The fourth-order valence-electron chi connectivity index (χ4n) is 4.80. The van der Waals surface area contributed by atoms with Crippen molar-refractivity contribution >= 4 is 17.8 Å². The molecule has 1 aliphatic carbocycles. The Morgan fingerprint density at radius 3 is 2.53 bits per heavy atom. The van der Waals surface area contributed by atoms with Gasteiger partial charge in [0.25, 0.3) is 0 Å². The molecule has 1 N–H and O–H groups in total. The SMILES string of the molecule is CCOC(=O)[C@H](CCc1ccccc1)N[C@@H](C)C(=O)N1[C@@H]2C=CC[C@H]2C[C@H]1C(=O)OC(C)(C)C. The van der Waals surface area contributed by atoms with Gasteiger partial charge in [0.1, 0.15) is 17.7 Å². The van der Waals surface area contributed by atoms with Crippen molar-refractivity contribution in [2.24, 2.45) is 5.92 Å². The number of carbonyl (C=O) groups is 3. The first-order valence-corrected chi connectivity index (χ1v) is 12.3. The van der Waals surface area contributed by atoms with Crippen LogP contribution in [0, 0.1) is 5.92 Å². The average Bonchev–Trinajstić information content (AvgIpc) is 3.37. The maximum atomic E-state index is 13.6. The predicted molar refractivity (Wildman–Crippen MR) is 130 cm³/mol. The van der Waals surface area contributed by atoms with Crippen LogP contribution in [-0.4, -0.2) is 59.1 Å². The highest BCUT2D eigenvalue weighted by molar-refractivity contribution is 5.89. The van der Waals surface area contributed by atoms with Crippen molar-refractivity contribution in [1.82, 2.24) is 10.2 Å². The Labute approximate surface area is 202 Å². The van der Waals surface area contributed by atoms with Gasteiger partial charge in [-0.1, -0.05) is 42.5 Å². The van der Waals surface area contributed by atoms with Gasteiger partial charge >= 0.3 is 11.9 Å². The summed E-state index contributed by atoms with van der Waals surface area (Å²) in [6.45, 7) is 9.26. The van der Waals surface area contributed by atoms with Crippen LogP contribution in [0.1, 0.15) is 59.4 Å². The number of amides is 1. The number of hydrogen-bond acceptors (Lipinski definition) is 6. The van der Waals surface area contributed by atoms with Crippen molar-refractivity contribution < 1.29 is 23.9 Å². The van der Waals surface area contributed by atoms with Gasteiger partial charge in [0.15, 0.2) is 0 Å². The van der Waals surface area contributed by atoms with Crippen molar-refractivity contribution in [2.75, 3.05) is 6.61 Å². The lowest BCUT2D eigenvalue weighted by atomic mass is 10.0. The lowest BCUT2D eigenvalue weighted by Crippen LogP contribution is -2.55. The van der Waals surface area contributed by atoms with Crippen LogP contribution < -0.4 is 5.32 Å². The van der Waals surface area contributed by atoms with E-state index < -0.39 is 23.7 Å². The number of nitrogens with one attached hydrogen (secondary N) is 1. The summed E-state index contributed by atoms with van der Waals surface area (Å²) < 4.78 is 10.9. The molecule has 0 unspecified atom stereocenters. The Kier molecular flexibility index (Phi) is 8.52. The fourth-order valence-corrected chi connectivity index (χ4v) is 4.80. The van der Waals surface area contributed by atoms with E-state index in [1.165, 1.54) is 0 Å². The number of nitrogens with zero attached hydrogens (tertiary/aromatic N) is 1. The number of hydrogen-bond donors (Lipinski definition) is 1. The van der Waals surface area contributed by atoms with Gasteiger partial charge in [-0.3, -0.25) is 14.9 Å². The zero-order valence-electron chi connectivity index (χ0n) is 21.0. The lowest BCUT2D eigenvalue weighted by Gasteiger charge is -2.33. The number of aryl methyl sites for hydroxylation is 1. The van der Waals surface area contributed by atoms with Crippen LogP contribution in [0.3, 0.4) is 0 Å². The van der Waals surface area contributed by atoms with Crippen LogP contribution in [0.15, 0.2) is 42.5 Å². The van der Waals surface area contributed by atoms with E-state index in [2.05, 4.69) is 11.4 Å². The highest BCUT2D eigenvalue weighted by Gasteiger charge is 2.49. The van der Waals surface area contributed by atoms with E-state index in [4.69, 9.17) is 9.47 Å². The van der Waals surface area contributed by atoms with E-state index in [-0.39, 0.29) is 36.4 Å². The van der Waals surface area contributed by atoms with E-state index in [0.29, 0.717) is 19.3 Å². The van der Waals surface area contributed by atoms with Crippen LogP contribution in [0.5, 0.6) is 0 Å². The van der Waals surface area contributed by atoms with E-state index in [1.54, 1.807) is 18.7 Å². The summed E-state index contributed by atoms with van der Waals surface area (Å²) in [7, 11) is 0. The normalized spacial score (nSPS) is 23.3. The molecule has 1 heterocycles. The molecular formula is C27H38N2O5. The number of carbonyl (C=O) groups excluding carboxylic acids is 3. The summed E-state index contributed by atoms with van der Waals surface area (Å²) in [5.74, 6) is -0.736. The van der Waals surface area contributed by atoms with Crippen LogP contribution in [0.4, 0.5) is 0 Å². The maximum Gasteiger partial charge on any atom is 0.329 e. The molecule has 1 aliphatic heterocycles. The third-order valence-electron chi connectivity index (χ3n) is 6.33. The minimum Gasteiger partial charge on any atom is -0.465 e. The Hall–Kier alpha value is -2.67. The molecule has 186 valence electrons. The highest BCUT2D eigenvalue weighted by Crippen LogP contribution is 2.38. The molecule has 1 saturated heterocycles. The van der Waals surface area contributed by atoms with Crippen molar-refractivity contribution in [3.63, 3.8) is 0 Å². The van der Waals surface area contributed by atoms with E-state index >= 15 is 0 Å². The lowest BCUT2D eigenvalue weighted by molar-refractivity contribution is -0.164. The molecule has 1 amide bonds. The third kappa shape index (κ3) is 6.47. The molecule has 0 bridgehead atoms. The van der Waals surface area contributed by atoms with Gasteiger partial charge in [-0.25, -0.2) is 4.79 Å². The quantitative estimate of drug-likeness (QED) is 0.440. The van der Waals surface area contributed by atoms with Crippen molar-refractivity contribution in [2.45, 2.75) is 90.1 Å². The van der Waals surface area contributed by atoms with Crippen LogP contribution >= 0.6 is 0 Å². The van der Waals surface area contributed by atoms with E-state index in [9.17, 15) is 14.4 Å². The van der Waals surface area contributed by atoms with Gasteiger partial charge in [0, 0.05) is 0 Å². The minimum atomic E-state index is -0.664. The first-order valence-electron chi connectivity index (χ1n) is 12.3. The van der Waals surface area contributed by atoms with Crippen molar-refractivity contribution in [1.29, 1.82) is 0 Å². The second kappa shape index (κ2) is 11.2. The number of benzene rings is 1. The highest BCUT2D eigenvalue weighted by atomic mass is 16.6. The van der Waals surface area contributed by atoms with E-state index in [0.717, 1.165) is 12.0 Å². The van der Waals surface area contributed by atoms with E-state index in [1.807, 2.05) is 57.2 Å². The number of rotatable bonds is 9. The zero-order valence-corrected chi connectivity index (χ0v) is 21.0. The maximum absolute atomic E-state index is 13.6. The number of fused-ring (bicyclic) bond motifs is 1. The molecular weight excluding hydrogens is 432 g/mol. The molecule has 0 saturated carbocycles. The van der Waals surface area contributed by atoms with Gasteiger partial charge in [-0.05, 0) is 71.8 Å². The van der Waals surface area contributed by atoms with Crippen LogP contribution in [0.2, 0.25) is 0 Å². The topological polar surface area (TPSA) is 84.9 Å². The zero-order chi connectivity index (χ0) is 24.9. The van der Waals surface area contributed by atoms with Gasteiger partial charge in [0.05, 0.1) is 18.7 Å². The van der Waals surface area contributed by atoms with Crippen molar-refractivity contribution in [3.8, 4) is 0 Å². The first-order chi connectivity index (χ1) is 16.1. The molecule has 1 fully saturated rings. The first kappa shape index (κ1) is 25.9. The van der Waals surface area contributed by atoms with Crippen LogP contribution in [-0.2, 0) is 30.3 Å². The van der Waals surface area contributed by atoms with Gasteiger partial charge in [0.2, 0.25) is 5.91 Å². The molecule has 0 aromatic heterocycles. The monoisotopic (exact) mass is 470 g/mol. The molecule has 1 aromatic rings. The second-order valence-electron chi connectivity index (χ2n) is 10.2. The molecule has 3 rings (SSSR count). The summed E-state index contributed by atoms with van der Waals surface area (Å²) in [5.41, 5.74) is 0.483. The molecule has 0 radical (unpaired) electrons. The van der Waals surface area contributed by atoms with Gasteiger partial charge < -0.3 is 14.4 Å². The number of allylic oxidation sites excluding steroid dienone is 1. The summed E-state index contributed by atoms with van der Waals surface area (Å²) in [4.78, 5) is 40.9. The molecule has 0 spiro atoms. The molecule has 7 nitrogen and oxygen atoms in total. The third-order valence-corrected chi connectivity index (χ3v) is 6.33. The largest absolute Gasteiger partial charge is 0.465 e. The smallest absolute Gasteiger partial charge is 0.329 e. The van der Waals surface area contributed by atoms with Crippen LogP contribution in [0.25, 0.3) is 0 Å². The second-order valence-corrected chi connectivity index (χ2v) is 10.2. The minimum absolute atomic E-state index is 0.125. The molecule has 1 aromatic carbocycles. The average molecular weight is 471 g/mol.